The van der Waals surface area contributed by atoms with Gasteiger partial charge in [-0.25, -0.2) is 18.4 Å². The molecule has 0 radical (unpaired) electrons. The van der Waals surface area contributed by atoms with E-state index in [9.17, 15) is 8.42 Å². The van der Waals surface area contributed by atoms with Crippen molar-refractivity contribution < 1.29 is 8.42 Å². The third-order valence-electron chi connectivity index (χ3n) is 1.77. The zero-order valence-corrected chi connectivity index (χ0v) is 8.92. The maximum absolute atomic E-state index is 11.8. The van der Waals surface area contributed by atoms with Gasteiger partial charge in [-0.15, -0.1) is 0 Å². The van der Waals surface area contributed by atoms with E-state index in [0.29, 0.717) is 0 Å². The zero-order valence-electron chi connectivity index (χ0n) is 8.11. The number of anilines is 1. The van der Waals surface area contributed by atoms with E-state index >= 15 is 0 Å². The average Bonchev–Trinajstić information content (AvgIpc) is 2.31. The molecule has 0 saturated heterocycles. The minimum atomic E-state index is -3.62. The first-order valence-electron chi connectivity index (χ1n) is 4.37. The first kappa shape index (κ1) is 10.5. The molecule has 82 valence electrons. The maximum Gasteiger partial charge on any atom is 0.264 e. The molecule has 2 aromatic rings. The highest BCUT2D eigenvalue weighted by atomic mass is 32.2. The number of nitrogens with one attached hydrogen (secondary N) is 1. The fourth-order valence-corrected chi connectivity index (χ4v) is 2.02. The molecule has 0 atom stereocenters. The topological polar surface area (TPSA) is 84.8 Å². The predicted molar refractivity (Wildman–Crippen MR) is 57.1 cm³/mol. The van der Waals surface area contributed by atoms with Gasteiger partial charge in [0.05, 0.1) is 0 Å². The molecule has 0 saturated carbocycles. The third kappa shape index (κ3) is 2.31. The minimum Gasteiger partial charge on any atom is -0.263 e. The van der Waals surface area contributed by atoms with E-state index in [2.05, 4.69) is 19.7 Å². The molecule has 6 nitrogen and oxygen atoms in total. The highest BCUT2D eigenvalue weighted by molar-refractivity contribution is 7.92. The fourth-order valence-electron chi connectivity index (χ4n) is 1.05. The predicted octanol–water partition coefficient (Wildman–Crippen LogP) is 0.672. The number of rotatable bonds is 3. The number of sulfonamides is 1. The van der Waals surface area contributed by atoms with Gasteiger partial charge in [0.25, 0.3) is 10.0 Å². The van der Waals surface area contributed by atoms with E-state index in [1.165, 1.54) is 37.1 Å². The lowest BCUT2D eigenvalue weighted by atomic mass is 10.5. The highest BCUT2D eigenvalue weighted by Gasteiger charge is 2.14. The molecule has 0 aliphatic rings. The summed E-state index contributed by atoms with van der Waals surface area (Å²) >= 11 is 0. The molecular formula is C9H8N4O2S. The lowest BCUT2D eigenvalue weighted by Crippen LogP contribution is -2.13. The Balaban J connectivity index is 2.29. The lowest BCUT2D eigenvalue weighted by molar-refractivity contribution is 0.600. The van der Waals surface area contributed by atoms with Crippen molar-refractivity contribution in [1.82, 2.24) is 15.0 Å². The van der Waals surface area contributed by atoms with Crippen LogP contribution in [0.1, 0.15) is 0 Å². The van der Waals surface area contributed by atoms with Crippen LogP contribution >= 0.6 is 0 Å². The van der Waals surface area contributed by atoms with Crippen molar-refractivity contribution in [1.29, 1.82) is 0 Å². The molecule has 1 N–H and O–H groups in total. The smallest absolute Gasteiger partial charge is 0.263 e. The monoisotopic (exact) mass is 236 g/mol. The molecule has 2 heterocycles. The standard InChI is InChI=1S/C9H8N4O2S/c14-16(15,8-2-1-4-10-6-8)13-9-3-5-11-7-12-9/h1-7H,(H,11,12,13). The maximum atomic E-state index is 11.8. The third-order valence-corrected chi connectivity index (χ3v) is 3.11. The van der Waals surface area contributed by atoms with Gasteiger partial charge < -0.3 is 0 Å². The second-order valence-corrected chi connectivity index (χ2v) is 4.57. The first-order valence-corrected chi connectivity index (χ1v) is 5.86. The van der Waals surface area contributed by atoms with Gasteiger partial charge in [-0.3, -0.25) is 9.71 Å². The van der Waals surface area contributed by atoms with E-state index in [1.54, 1.807) is 6.07 Å². The minimum absolute atomic E-state index is 0.0913. The summed E-state index contributed by atoms with van der Waals surface area (Å²) in [5, 5.41) is 0. The van der Waals surface area contributed by atoms with E-state index in [1.807, 2.05) is 0 Å². The Kier molecular flexibility index (Phi) is 2.78. The van der Waals surface area contributed by atoms with Crippen LogP contribution in [0.3, 0.4) is 0 Å². The van der Waals surface area contributed by atoms with Crippen molar-refractivity contribution in [3.8, 4) is 0 Å². The van der Waals surface area contributed by atoms with Crippen LogP contribution in [0, 0.1) is 0 Å². The summed E-state index contributed by atoms with van der Waals surface area (Å²) in [5.41, 5.74) is 0. The Morgan fingerprint density at radius 3 is 2.62 bits per heavy atom. The van der Waals surface area contributed by atoms with E-state index in [-0.39, 0.29) is 10.7 Å². The summed E-state index contributed by atoms with van der Waals surface area (Å²) in [6.07, 6.45) is 5.49. The molecule has 2 rings (SSSR count). The van der Waals surface area contributed by atoms with E-state index in [4.69, 9.17) is 0 Å². The Hall–Kier alpha value is -2.02. The van der Waals surface area contributed by atoms with Crippen LogP contribution in [0.15, 0.2) is 48.0 Å². The van der Waals surface area contributed by atoms with E-state index < -0.39 is 10.0 Å². The molecule has 16 heavy (non-hydrogen) atoms. The normalized spacial score (nSPS) is 11.0. The van der Waals surface area contributed by atoms with Crippen LogP contribution in [-0.4, -0.2) is 23.4 Å². The van der Waals surface area contributed by atoms with Crippen molar-refractivity contribution in [2.45, 2.75) is 4.90 Å². The average molecular weight is 236 g/mol. The summed E-state index contributed by atoms with van der Waals surface area (Å²) < 4.78 is 25.9. The molecule has 7 heteroatoms. The molecule has 2 aromatic heterocycles. The molecule has 0 amide bonds. The SMILES string of the molecule is O=S(=O)(Nc1ccncn1)c1cccnc1. The highest BCUT2D eigenvalue weighted by Crippen LogP contribution is 2.11. The number of hydrogen-bond donors (Lipinski definition) is 1. The summed E-state index contributed by atoms with van der Waals surface area (Å²) in [6, 6.07) is 4.47. The Morgan fingerprint density at radius 1 is 1.12 bits per heavy atom. The number of nitrogens with zero attached hydrogens (tertiary/aromatic N) is 3. The van der Waals surface area contributed by atoms with Gasteiger partial charge in [0, 0.05) is 18.6 Å². The Bertz CT molecular complexity index is 557. The van der Waals surface area contributed by atoms with Gasteiger partial charge in [-0.05, 0) is 18.2 Å². The van der Waals surface area contributed by atoms with Gasteiger partial charge >= 0.3 is 0 Å². The molecule has 0 unspecified atom stereocenters. The number of hydrogen-bond acceptors (Lipinski definition) is 5. The van der Waals surface area contributed by atoms with Crippen LogP contribution in [0.5, 0.6) is 0 Å². The van der Waals surface area contributed by atoms with Crippen molar-refractivity contribution >= 4 is 15.8 Å². The van der Waals surface area contributed by atoms with Gasteiger partial charge in [-0.2, -0.15) is 0 Å². The van der Waals surface area contributed by atoms with Crippen LogP contribution in [0.2, 0.25) is 0 Å². The number of pyridine rings is 1. The fraction of sp³-hybridized carbons (Fsp3) is 0. The number of aromatic nitrogens is 3. The summed E-state index contributed by atoms with van der Waals surface area (Å²) in [6.45, 7) is 0. The largest absolute Gasteiger partial charge is 0.264 e. The van der Waals surface area contributed by atoms with E-state index in [0.717, 1.165) is 0 Å². The summed E-state index contributed by atoms with van der Waals surface area (Å²) in [4.78, 5) is 11.3. The van der Waals surface area contributed by atoms with Crippen molar-refractivity contribution in [2.75, 3.05) is 4.72 Å². The zero-order chi connectivity index (χ0) is 11.4. The van der Waals surface area contributed by atoms with Crippen molar-refractivity contribution in [2.24, 2.45) is 0 Å². The Morgan fingerprint density at radius 2 is 2.00 bits per heavy atom. The molecule has 0 aliphatic heterocycles. The lowest BCUT2D eigenvalue weighted by Gasteiger charge is -2.05. The van der Waals surface area contributed by atoms with Crippen LogP contribution in [0.4, 0.5) is 5.82 Å². The summed E-state index contributed by atoms with van der Waals surface area (Å²) in [7, 11) is -3.62. The van der Waals surface area contributed by atoms with Crippen LogP contribution < -0.4 is 4.72 Å². The first-order chi connectivity index (χ1) is 7.68. The van der Waals surface area contributed by atoms with Crippen molar-refractivity contribution in [3.63, 3.8) is 0 Å². The second-order valence-electron chi connectivity index (χ2n) is 2.89. The van der Waals surface area contributed by atoms with Gasteiger partial charge in [0.15, 0.2) is 0 Å². The summed E-state index contributed by atoms with van der Waals surface area (Å²) in [5.74, 6) is 0.221. The molecule has 0 aliphatic carbocycles. The van der Waals surface area contributed by atoms with Gasteiger partial charge in [0.2, 0.25) is 0 Å². The van der Waals surface area contributed by atoms with Gasteiger partial charge in [-0.1, -0.05) is 0 Å². The molecule has 0 bridgehead atoms. The van der Waals surface area contributed by atoms with Gasteiger partial charge in [0.1, 0.15) is 17.0 Å². The molecule has 0 fully saturated rings. The quantitative estimate of drug-likeness (QED) is 0.846. The Labute approximate surface area is 92.5 Å². The second kappa shape index (κ2) is 4.23. The van der Waals surface area contributed by atoms with Crippen LogP contribution in [-0.2, 0) is 10.0 Å². The molecule has 0 spiro atoms. The molecular weight excluding hydrogens is 228 g/mol. The molecule has 0 aromatic carbocycles. The van der Waals surface area contributed by atoms with Crippen LogP contribution in [0.25, 0.3) is 0 Å². The van der Waals surface area contributed by atoms with Crippen molar-refractivity contribution in [3.05, 3.63) is 43.1 Å².